The van der Waals surface area contributed by atoms with Crippen LogP contribution in [0.1, 0.15) is 47.5 Å². The summed E-state index contributed by atoms with van der Waals surface area (Å²) >= 11 is 0. The van der Waals surface area contributed by atoms with Crippen LogP contribution in [0.3, 0.4) is 0 Å². The van der Waals surface area contributed by atoms with Crippen LogP contribution in [-0.4, -0.2) is 32.0 Å². The second-order valence-electron chi connectivity index (χ2n) is 5.50. The average molecular weight is 261 g/mol. The Morgan fingerprint density at radius 3 is 2.35 bits per heavy atom. The van der Waals surface area contributed by atoms with Crippen molar-refractivity contribution in [2.24, 2.45) is 0 Å². The Hall–Kier alpha value is -0.350. The van der Waals surface area contributed by atoms with Gasteiger partial charge in [0, 0.05) is 11.3 Å². The Labute approximate surface area is 107 Å². The first-order chi connectivity index (χ1) is 7.66. The van der Waals surface area contributed by atoms with E-state index in [-0.39, 0.29) is 17.0 Å². The van der Waals surface area contributed by atoms with Gasteiger partial charge < -0.3 is 5.32 Å². The topological polar surface area (TPSA) is 46.2 Å². The molecule has 0 rings (SSSR count). The van der Waals surface area contributed by atoms with Gasteiger partial charge in [-0.15, -0.1) is 0 Å². The number of nitrogens with one attached hydrogen (secondary N) is 1. The second kappa shape index (κ2) is 7.17. The van der Waals surface area contributed by atoms with E-state index in [1.807, 2.05) is 6.92 Å². The van der Waals surface area contributed by atoms with Crippen LogP contribution in [-0.2, 0) is 9.84 Å². The highest BCUT2D eigenvalue weighted by molar-refractivity contribution is 7.91. The summed E-state index contributed by atoms with van der Waals surface area (Å²) < 4.78 is 22.7. The minimum atomic E-state index is -2.82. The molecule has 0 spiro atoms. The molecule has 0 saturated heterocycles. The number of hydrogen-bond acceptors (Lipinski definition) is 3. The summed E-state index contributed by atoms with van der Waals surface area (Å²) in [5.74, 6) is 0.518. The largest absolute Gasteiger partial charge is 0.312 e. The fourth-order valence-electron chi connectivity index (χ4n) is 1.33. The third kappa shape index (κ3) is 10.5. The van der Waals surface area contributed by atoms with Crippen molar-refractivity contribution in [1.29, 1.82) is 0 Å². The van der Waals surface area contributed by atoms with Gasteiger partial charge in [-0.2, -0.15) is 0 Å². The lowest BCUT2D eigenvalue weighted by atomic mass is 10.1. The molecule has 0 amide bonds. The predicted molar refractivity (Wildman–Crippen MR) is 75.1 cm³/mol. The molecule has 0 bridgehead atoms. The average Bonchev–Trinajstić information content (AvgIpc) is 2.20. The molecule has 0 aliphatic rings. The molecular formula is C13H27NO2S. The van der Waals surface area contributed by atoms with Gasteiger partial charge in [0.1, 0.15) is 9.84 Å². The van der Waals surface area contributed by atoms with Gasteiger partial charge in [0.2, 0.25) is 0 Å². The molecule has 0 aliphatic carbocycles. The molecule has 0 radical (unpaired) electrons. The first-order valence-electron chi connectivity index (χ1n) is 6.27. The van der Waals surface area contributed by atoms with Gasteiger partial charge in [0.15, 0.2) is 0 Å². The van der Waals surface area contributed by atoms with E-state index in [1.54, 1.807) is 6.92 Å². The molecule has 3 nitrogen and oxygen atoms in total. The molecule has 17 heavy (non-hydrogen) atoms. The van der Waals surface area contributed by atoms with Crippen molar-refractivity contribution in [3.05, 3.63) is 11.6 Å². The Balaban J connectivity index is 3.88. The predicted octanol–water partition coefficient (Wildman–Crippen LogP) is 2.54. The number of hydrogen-bond donors (Lipinski definition) is 1. The molecule has 0 unspecified atom stereocenters. The van der Waals surface area contributed by atoms with Crippen LogP contribution >= 0.6 is 0 Å². The van der Waals surface area contributed by atoms with E-state index in [2.05, 4.69) is 32.2 Å². The molecule has 1 N–H and O–H groups in total. The highest BCUT2D eigenvalue weighted by Gasteiger charge is 2.08. The maximum absolute atomic E-state index is 11.3. The van der Waals surface area contributed by atoms with Crippen LogP contribution in [0.25, 0.3) is 0 Å². The Bertz CT molecular complexity index is 337. The van der Waals surface area contributed by atoms with Crippen molar-refractivity contribution < 1.29 is 8.42 Å². The van der Waals surface area contributed by atoms with Gasteiger partial charge in [-0.25, -0.2) is 8.42 Å². The second-order valence-corrected chi connectivity index (χ2v) is 7.98. The SMILES string of the molecule is CCS(=O)(=O)CCC(C)=CCCNC(C)(C)C. The Morgan fingerprint density at radius 1 is 1.29 bits per heavy atom. The van der Waals surface area contributed by atoms with Gasteiger partial charge in [0.25, 0.3) is 0 Å². The summed E-state index contributed by atoms with van der Waals surface area (Å²) in [5, 5.41) is 3.40. The highest BCUT2D eigenvalue weighted by Crippen LogP contribution is 2.05. The Morgan fingerprint density at radius 2 is 1.88 bits per heavy atom. The van der Waals surface area contributed by atoms with Crippen LogP contribution in [0.15, 0.2) is 11.6 Å². The molecule has 0 heterocycles. The smallest absolute Gasteiger partial charge is 0.150 e. The lowest BCUT2D eigenvalue weighted by molar-refractivity contribution is 0.431. The maximum atomic E-state index is 11.3. The number of sulfone groups is 1. The lowest BCUT2D eigenvalue weighted by Gasteiger charge is -2.19. The monoisotopic (exact) mass is 261 g/mol. The summed E-state index contributed by atoms with van der Waals surface area (Å²) in [6.45, 7) is 11.0. The first-order valence-corrected chi connectivity index (χ1v) is 8.09. The van der Waals surface area contributed by atoms with Crippen LogP contribution in [0.4, 0.5) is 0 Å². The summed E-state index contributed by atoms with van der Waals surface area (Å²) in [7, 11) is -2.82. The summed E-state index contributed by atoms with van der Waals surface area (Å²) in [4.78, 5) is 0. The number of rotatable bonds is 7. The van der Waals surface area contributed by atoms with Crippen molar-refractivity contribution in [2.75, 3.05) is 18.1 Å². The van der Waals surface area contributed by atoms with Gasteiger partial charge in [-0.05, 0) is 47.1 Å². The standard InChI is InChI=1S/C13H27NO2S/c1-6-17(15,16)11-9-12(2)8-7-10-14-13(3,4)5/h8,14H,6-7,9-11H2,1-5H3. The molecule has 0 fully saturated rings. The first kappa shape index (κ1) is 16.6. The normalized spacial score (nSPS) is 14.1. The lowest BCUT2D eigenvalue weighted by Crippen LogP contribution is -2.36. The summed E-state index contributed by atoms with van der Waals surface area (Å²) in [6.07, 6.45) is 3.74. The fraction of sp³-hybridized carbons (Fsp3) is 0.846. The van der Waals surface area contributed by atoms with Gasteiger partial charge in [-0.1, -0.05) is 18.6 Å². The quantitative estimate of drug-likeness (QED) is 0.566. The van der Waals surface area contributed by atoms with E-state index in [4.69, 9.17) is 0 Å². The van der Waals surface area contributed by atoms with E-state index in [1.165, 1.54) is 0 Å². The molecule has 4 heteroatoms. The number of allylic oxidation sites excluding steroid dienone is 1. The molecule has 0 aromatic rings. The molecule has 0 aliphatic heterocycles. The summed E-state index contributed by atoms with van der Waals surface area (Å²) in [5.41, 5.74) is 1.31. The van der Waals surface area contributed by atoms with E-state index in [9.17, 15) is 8.42 Å². The van der Waals surface area contributed by atoms with Crippen molar-refractivity contribution in [3.63, 3.8) is 0 Å². The van der Waals surface area contributed by atoms with Crippen molar-refractivity contribution in [2.45, 2.75) is 53.0 Å². The third-order valence-electron chi connectivity index (χ3n) is 2.54. The van der Waals surface area contributed by atoms with E-state index < -0.39 is 9.84 Å². The van der Waals surface area contributed by atoms with Crippen molar-refractivity contribution in [1.82, 2.24) is 5.32 Å². The van der Waals surface area contributed by atoms with Crippen LogP contribution in [0, 0.1) is 0 Å². The minimum Gasteiger partial charge on any atom is -0.312 e. The zero-order valence-electron chi connectivity index (χ0n) is 11.8. The summed E-state index contributed by atoms with van der Waals surface area (Å²) in [6, 6.07) is 0. The zero-order valence-corrected chi connectivity index (χ0v) is 12.7. The van der Waals surface area contributed by atoms with Gasteiger partial charge in [-0.3, -0.25) is 0 Å². The fourth-order valence-corrected chi connectivity index (χ4v) is 2.25. The minimum absolute atomic E-state index is 0.146. The van der Waals surface area contributed by atoms with E-state index in [0.29, 0.717) is 6.42 Å². The maximum Gasteiger partial charge on any atom is 0.150 e. The van der Waals surface area contributed by atoms with Crippen LogP contribution in [0.2, 0.25) is 0 Å². The van der Waals surface area contributed by atoms with E-state index >= 15 is 0 Å². The Kier molecular flexibility index (Phi) is 7.02. The van der Waals surface area contributed by atoms with Crippen LogP contribution in [0.5, 0.6) is 0 Å². The molecule has 0 aromatic heterocycles. The molecule has 0 atom stereocenters. The third-order valence-corrected chi connectivity index (χ3v) is 4.25. The van der Waals surface area contributed by atoms with Gasteiger partial charge >= 0.3 is 0 Å². The molecule has 0 aromatic carbocycles. The molecule has 102 valence electrons. The van der Waals surface area contributed by atoms with Crippen molar-refractivity contribution in [3.8, 4) is 0 Å². The van der Waals surface area contributed by atoms with Crippen LogP contribution < -0.4 is 5.32 Å². The zero-order chi connectivity index (χ0) is 13.5. The van der Waals surface area contributed by atoms with Gasteiger partial charge in [0.05, 0.1) is 5.75 Å². The van der Waals surface area contributed by atoms with Crippen molar-refractivity contribution >= 4 is 9.84 Å². The molecule has 0 saturated carbocycles. The highest BCUT2D eigenvalue weighted by atomic mass is 32.2. The van der Waals surface area contributed by atoms with E-state index in [0.717, 1.165) is 18.5 Å². The molecular weight excluding hydrogens is 234 g/mol.